The Labute approximate surface area is 179 Å². The SMILES string of the molecule is CCOC(=O)C1=C(N)Oc2cc(C)n(Cc3ccccn3)c(=O)c2[C@H]1c1cccnc1. The Morgan fingerprint density at radius 1 is 1.26 bits per heavy atom. The van der Waals surface area contributed by atoms with Gasteiger partial charge in [0.15, 0.2) is 0 Å². The summed E-state index contributed by atoms with van der Waals surface area (Å²) in [5.41, 5.74) is 8.31. The lowest BCUT2D eigenvalue weighted by molar-refractivity contribution is -0.139. The molecule has 0 amide bonds. The molecule has 1 atom stereocenters. The van der Waals surface area contributed by atoms with Gasteiger partial charge in [0.25, 0.3) is 5.56 Å². The van der Waals surface area contributed by atoms with Crippen molar-refractivity contribution in [2.24, 2.45) is 5.73 Å². The average molecular weight is 418 g/mol. The second-order valence-corrected chi connectivity index (χ2v) is 7.10. The van der Waals surface area contributed by atoms with Gasteiger partial charge in [0, 0.05) is 30.4 Å². The number of ether oxygens (including phenoxy) is 2. The topological polar surface area (TPSA) is 109 Å². The molecule has 0 saturated heterocycles. The molecule has 0 aromatic carbocycles. The van der Waals surface area contributed by atoms with Crippen LogP contribution in [-0.2, 0) is 16.1 Å². The van der Waals surface area contributed by atoms with Crippen LogP contribution in [0.5, 0.6) is 5.75 Å². The standard InChI is InChI=1S/C23H22N4O4/c1-3-30-23(29)20-18(15-7-6-9-25-12-15)19-17(31-21(20)24)11-14(2)27(22(19)28)13-16-8-4-5-10-26-16/h4-12,18H,3,13,24H2,1-2H3/t18-/m1/s1. The number of hydrogen-bond donors (Lipinski definition) is 1. The molecule has 0 aliphatic carbocycles. The third-order valence-corrected chi connectivity index (χ3v) is 5.13. The van der Waals surface area contributed by atoms with Gasteiger partial charge in [-0.2, -0.15) is 0 Å². The summed E-state index contributed by atoms with van der Waals surface area (Å²) in [6.07, 6.45) is 4.90. The fraction of sp³-hybridized carbons (Fsp3) is 0.217. The summed E-state index contributed by atoms with van der Waals surface area (Å²) >= 11 is 0. The van der Waals surface area contributed by atoms with Gasteiger partial charge in [0.05, 0.1) is 30.3 Å². The van der Waals surface area contributed by atoms with Crippen LogP contribution in [-0.4, -0.2) is 27.1 Å². The fourth-order valence-corrected chi connectivity index (χ4v) is 3.72. The maximum absolute atomic E-state index is 13.7. The molecule has 4 heterocycles. The first kappa shape index (κ1) is 20.3. The molecule has 2 N–H and O–H groups in total. The molecule has 3 aromatic rings. The molecule has 0 unspecified atom stereocenters. The number of pyridine rings is 3. The van der Waals surface area contributed by atoms with Crippen LogP contribution in [0.15, 0.2) is 71.2 Å². The first-order valence-corrected chi connectivity index (χ1v) is 9.90. The Bertz CT molecular complexity index is 1200. The predicted molar refractivity (Wildman–Crippen MR) is 113 cm³/mol. The molecule has 8 nitrogen and oxygen atoms in total. The monoisotopic (exact) mass is 418 g/mol. The largest absolute Gasteiger partial charge is 0.462 e. The molecule has 31 heavy (non-hydrogen) atoms. The minimum absolute atomic E-state index is 0.0823. The summed E-state index contributed by atoms with van der Waals surface area (Å²) in [7, 11) is 0. The van der Waals surface area contributed by atoms with Gasteiger partial charge in [-0.15, -0.1) is 0 Å². The van der Waals surface area contributed by atoms with Crippen LogP contribution in [0.25, 0.3) is 0 Å². The van der Waals surface area contributed by atoms with Crippen LogP contribution in [0.2, 0.25) is 0 Å². The van der Waals surface area contributed by atoms with Crippen molar-refractivity contribution in [3.05, 3.63) is 99.3 Å². The summed E-state index contributed by atoms with van der Waals surface area (Å²) in [4.78, 5) is 34.9. The van der Waals surface area contributed by atoms with Crippen LogP contribution < -0.4 is 16.0 Å². The summed E-state index contributed by atoms with van der Waals surface area (Å²) in [5.74, 6) is -1.16. The molecule has 0 saturated carbocycles. The minimum Gasteiger partial charge on any atom is -0.462 e. The van der Waals surface area contributed by atoms with Crippen LogP contribution >= 0.6 is 0 Å². The Morgan fingerprint density at radius 2 is 2.10 bits per heavy atom. The number of aromatic nitrogens is 3. The average Bonchev–Trinajstić information content (AvgIpc) is 2.77. The van der Waals surface area contributed by atoms with Gasteiger partial charge >= 0.3 is 5.97 Å². The third kappa shape index (κ3) is 3.79. The maximum atomic E-state index is 13.7. The highest BCUT2D eigenvalue weighted by Gasteiger charge is 2.38. The zero-order valence-corrected chi connectivity index (χ0v) is 17.2. The van der Waals surface area contributed by atoms with Crippen molar-refractivity contribution in [2.75, 3.05) is 6.61 Å². The van der Waals surface area contributed by atoms with Gasteiger partial charge in [-0.3, -0.25) is 14.8 Å². The molecule has 0 radical (unpaired) electrons. The molecule has 0 fully saturated rings. The highest BCUT2D eigenvalue weighted by Crippen LogP contribution is 2.41. The lowest BCUT2D eigenvalue weighted by Gasteiger charge is -2.28. The van der Waals surface area contributed by atoms with Gasteiger partial charge < -0.3 is 19.8 Å². The van der Waals surface area contributed by atoms with Gasteiger partial charge in [-0.05, 0) is 37.6 Å². The van der Waals surface area contributed by atoms with Gasteiger partial charge in [-0.25, -0.2) is 4.79 Å². The zero-order chi connectivity index (χ0) is 22.0. The smallest absolute Gasteiger partial charge is 0.340 e. The molecular formula is C23H22N4O4. The minimum atomic E-state index is -0.764. The van der Waals surface area contributed by atoms with E-state index in [-0.39, 0.29) is 30.2 Å². The molecule has 4 rings (SSSR count). The lowest BCUT2D eigenvalue weighted by Crippen LogP contribution is -2.35. The molecule has 0 spiro atoms. The van der Waals surface area contributed by atoms with Crippen molar-refractivity contribution in [1.29, 1.82) is 0 Å². The van der Waals surface area contributed by atoms with Gasteiger partial charge in [0.2, 0.25) is 5.88 Å². The molecule has 3 aromatic heterocycles. The number of nitrogens with zero attached hydrogens (tertiary/aromatic N) is 3. The Kier molecular flexibility index (Phi) is 5.53. The van der Waals surface area contributed by atoms with E-state index in [1.54, 1.807) is 48.3 Å². The molecule has 8 heteroatoms. The first-order valence-electron chi connectivity index (χ1n) is 9.90. The van der Waals surface area contributed by atoms with Crippen LogP contribution in [0, 0.1) is 6.92 Å². The molecule has 0 bridgehead atoms. The molecule has 1 aliphatic heterocycles. The Balaban J connectivity index is 1.92. The second-order valence-electron chi connectivity index (χ2n) is 7.10. The van der Waals surface area contributed by atoms with Crippen LogP contribution in [0.3, 0.4) is 0 Å². The van der Waals surface area contributed by atoms with Crippen LogP contribution in [0.1, 0.15) is 35.4 Å². The number of aryl methyl sites for hydroxylation is 1. The quantitative estimate of drug-likeness (QED) is 0.633. The van der Waals surface area contributed by atoms with Crippen molar-refractivity contribution in [1.82, 2.24) is 14.5 Å². The summed E-state index contributed by atoms with van der Waals surface area (Å²) in [6.45, 7) is 3.97. The summed E-state index contributed by atoms with van der Waals surface area (Å²) < 4.78 is 12.6. The lowest BCUT2D eigenvalue weighted by atomic mass is 9.84. The van der Waals surface area contributed by atoms with E-state index < -0.39 is 11.9 Å². The number of esters is 1. The van der Waals surface area contributed by atoms with Gasteiger partial charge in [0.1, 0.15) is 11.3 Å². The van der Waals surface area contributed by atoms with E-state index in [9.17, 15) is 9.59 Å². The van der Waals surface area contributed by atoms with Crippen molar-refractivity contribution >= 4 is 5.97 Å². The maximum Gasteiger partial charge on any atom is 0.340 e. The van der Waals surface area contributed by atoms with Crippen LogP contribution in [0.4, 0.5) is 0 Å². The number of carbonyl (C=O) groups excluding carboxylic acids is 1. The van der Waals surface area contributed by atoms with E-state index in [4.69, 9.17) is 15.2 Å². The van der Waals surface area contributed by atoms with E-state index >= 15 is 0 Å². The van der Waals surface area contributed by atoms with Crippen molar-refractivity contribution in [3.63, 3.8) is 0 Å². The second kappa shape index (κ2) is 8.43. The van der Waals surface area contributed by atoms with E-state index in [1.807, 2.05) is 25.1 Å². The van der Waals surface area contributed by atoms with E-state index in [0.717, 1.165) is 5.69 Å². The summed E-state index contributed by atoms with van der Waals surface area (Å²) in [6, 6.07) is 10.8. The van der Waals surface area contributed by atoms with Crippen molar-refractivity contribution in [3.8, 4) is 5.75 Å². The number of carbonyl (C=O) groups is 1. The predicted octanol–water partition coefficient (Wildman–Crippen LogP) is 2.25. The van der Waals surface area contributed by atoms with Crippen molar-refractivity contribution in [2.45, 2.75) is 26.3 Å². The van der Waals surface area contributed by atoms with E-state index in [1.165, 1.54) is 0 Å². The van der Waals surface area contributed by atoms with Gasteiger partial charge in [-0.1, -0.05) is 12.1 Å². The Hall–Kier alpha value is -3.94. The molecule has 158 valence electrons. The Morgan fingerprint density at radius 3 is 2.77 bits per heavy atom. The number of nitrogens with two attached hydrogens (primary N) is 1. The van der Waals surface area contributed by atoms with Crippen molar-refractivity contribution < 1.29 is 14.3 Å². The van der Waals surface area contributed by atoms with E-state index in [0.29, 0.717) is 22.6 Å². The highest BCUT2D eigenvalue weighted by molar-refractivity contribution is 5.92. The summed E-state index contributed by atoms with van der Waals surface area (Å²) in [5, 5.41) is 0. The van der Waals surface area contributed by atoms with E-state index in [2.05, 4.69) is 9.97 Å². The fourth-order valence-electron chi connectivity index (χ4n) is 3.72. The molecule has 1 aliphatic rings. The third-order valence-electron chi connectivity index (χ3n) is 5.13. The number of fused-ring (bicyclic) bond motifs is 1. The zero-order valence-electron chi connectivity index (χ0n) is 17.2. The first-order chi connectivity index (χ1) is 15.0. The normalized spacial score (nSPS) is 15.2. The number of rotatable bonds is 5. The highest BCUT2D eigenvalue weighted by atomic mass is 16.5. The molecular weight excluding hydrogens is 396 g/mol. The number of hydrogen-bond acceptors (Lipinski definition) is 7.